The average Bonchev–Trinajstić information content (AvgIpc) is 2.09. The molecule has 3 N–H and O–H groups in total. The van der Waals surface area contributed by atoms with Crippen molar-refractivity contribution in [1.82, 2.24) is 0 Å². The Morgan fingerprint density at radius 3 is 2.38 bits per heavy atom. The van der Waals surface area contributed by atoms with Crippen molar-refractivity contribution in [3.8, 4) is 0 Å². The highest BCUT2D eigenvalue weighted by atomic mass is 19.1. The summed E-state index contributed by atoms with van der Waals surface area (Å²) in [6.45, 7) is 1.68. The molecule has 0 bridgehead atoms. The molecule has 0 aromatic heterocycles. The molecule has 1 aromatic rings. The first-order valence-corrected chi connectivity index (χ1v) is 4.18. The summed E-state index contributed by atoms with van der Waals surface area (Å²) < 4.78 is 12.5. The number of rotatable bonds is 3. The van der Waals surface area contributed by atoms with Gasteiger partial charge in [-0.15, -0.1) is 0 Å². The molecule has 0 radical (unpaired) electrons. The van der Waals surface area contributed by atoms with E-state index in [1.165, 1.54) is 12.1 Å². The molecule has 13 heavy (non-hydrogen) atoms. The molecule has 0 saturated carbocycles. The van der Waals surface area contributed by atoms with E-state index < -0.39 is 5.54 Å². The van der Waals surface area contributed by atoms with E-state index in [2.05, 4.69) is 0 Å². The largest absolute Gasteiger partial charge is 0.394 e. The van der Waals surface area contributed by atoms with Gasteiger partial charge < -0.3 is 10.8 Å². The van der Waals surface area contributed by atoms with Crippen LogP contribution in [-0.4, -0.2) is 17.3 Å². The van der Waals surface area contributed by atoms with E-state index in [-0.39, 0.29) is 12.4 Å². The molecule has 0 amide bonds. The summed E-state index contributed by atoms with van der Waals surface area (Å²) in [5.41, 5.74) is 6.05. The van der Waals surface area contributed by atoms with Crippen molar-refractivity contribution in [3.63, 3.8) is 0 Å². The summed E-state index contributed by atoms with van der Waals surface area (Å²) in [5.74, 6) is -0.258. The lowest BCUT2D eigenvalue weighted by molar-refractivity contribution is 0.208. The normalized spacial score (nSPS) is 15.4. The molecule has 0 fully saturated rings. The highest BCUT2D eigenvalue weighted by molar-refractivity contribution is 5.18. The van der Waals surface area contributed by atoms with Crippen molar-refractivity contribution in [2.45, 2.75) is 18.9 Å². The maximum atomic E-state index is 12.5. The average molecular weight is 183 g/mol. The van der Waals surface area contributed by atoms with Crippen molar-refractivity contribution in [1.29, 1.82) is 0 Å². The Morgan fingerprint density at radius 2 is 1.92 bits per heavy atom. The maximum absolute atomic E-state index is 12.5. The Kier molecular flexibility index (Phi) is 3.01. The fraction of sp³-hybridized carbons (Fsp3) is 0.400. The van der Waals surface area contributed by atoms with Crippen LogP contribution in [0.25, 0.3) is 0 Å². The van der Waals surface area contributed by atoms with Crippen molar-refractivity contribution >= 4 is 0 Å². The predicted molar refractivity (Wildman–Crippen MR) is 49.8 cm³/mol. The van der Waals surface area contributed by atoms with Gasteiger partial charge in [0, 0.05) is 5.54 Å². The summed E-state index contributed by atoms with van der Waals surface area (Å²) in [4.78, 5) is 0. The van der Waals surface area contributed by atoms with Gasteiger partial charge in [-0.2, -0.15) is 0 Å². The summed E-state index contributed by atoms with van der Waals surface area (Å²) >= 11 is 0. The summed E-state index contributed by atoms with van der Waals surface area (Å²) in [6, 6.07) is 6.14. The van der Waals surface area contributed by atoms with E-state index in [0.29, 0.717) is 6.42 Å². The SMILES string of the molecule is C[C@](N)(CO)Cc1ccc(F)cc1. The minimum absolute atomic E-state index is 0.0790. The number of hydrogen-bond acceptors (Lipinski definition) is 2. The minimum atomic E-state index is -0.627. The van der Waals surface area contributed by atoms with E-state index in [0.717, 1.165) is 5.56 Å². The third-order valence-electron chi connectivity index (χ3n) is 1.88. The molecular formula is C10H14FNO. The molecule has 0 heterocycles. The van der Waals surface area contributed by atoms with Crippen molar-refractivity contribution < 1.29 is 9.50 Å². The highest BCUT2D eigenvalue weighted by Gasteiger charge is 2.17. The van der Waals surface area contributed by atoms with Gasteiger partial charge in [-0.25, -0.2) is 4.39 Å². The number of nitrogens with two attached hydrogens (primary N) is 1. The van der Waals surface area contributed by atoms with Crippen molar-refractivity contribution in [2.24, 2.45) is 5.73 Å². The van der Waals surface area contributed by atoms with E-state index in [1.54, 1.807) is 19.1 Å². The lowest BCUT2D eigenvalue weighted by Crippen LogP contribution is -2.42. The quantitative estimate of drug-likeness (QED) is 0.736. The van der Waals surface area contributed by atoms with Crippen molar-refractivity contribution in [2.75, 3.05) is 6.61 Å². The molecule has 0 aliphatic carbocycles. The zero-order valence-corrected chi connectivity index (χ0v) is 7.63. The van der Waals surface area contributed by atoms with Gasteiger partial charge in [0.2, 0.25) is 0 Å². The van der Waals surface area contributed by atoms with Crippen LogP contribution in [0.5, 0.6) is 0 Å². The molecule has 0 aliphatic rings. The van der Waals surface area contributed by atoms with Crippen LogP contribution in [0.1, 0.15) is 12.5 Å². The summed E-state index contributed by atoms with van der Waals surface area (Å²) in [6.07, 6.45) is 0.545. The first kappa shape index (κ1) is 10.2. The number of aliphatic hydroxyl groups excluding tert-OH is 1. The standard InChI is InChI=1S/C10H14FNO/c1-10(12,7-13)6-8-2-4-9(11)5-3-8/h2-5,13H,6-7,12H2,1H3/t10-/m1/s1. The Hall–Kier alpha value is -0.930. The Balaban J connectivity index is 2.69. The lowest BCUT2D eigenvalue weighted by Gasteiger charge is -2.21. The number of aliphatic hydroxyl groups is 1. The molecule has 0 unspecified atom stereocenters. The first-order valence-electron chi connectivity index (χ1n) is 4.18. The second kappa shape index (κ2) is 3.85. The highest BCUT2D eigenvalue weighted by Crippen LogP contribution is 2.10. The Bertz CT molecular complexity index is 269. The lowest BCUT2D eigenvalue weighted by atomic mass is 9.95. The van der Waals surface area contributed by atoms with Gasteiger partial charge in [-0.1, -0.05) is 12.1 Å². The molecule has 3 heteroatoms. The van der Waals surface area contributed by atoms with Gasteiger partial charge in [0.15, 0.2) is 0 Å². The van der Waals surface area contributed by atoms with Crippen LogP contribution in [0.4, 0.5) is 4.39 Å². The van der Waals surface area contributed by atoms with Gasteiger partial charge >= 0.3 is 0 Å². The second-order valence-corrected chi connectivity index (χ2v) is 3.62. The molecule has 1 rings (SSSR count). The Morgan fingerprint density at radius 1 is 1.38 bits per heavy atom. The zero-order valence-electron chi connectivity index (χ0n) is 7.63. The Labute approximate surface area is 77.2 Å². The monoisotopic (exact) mass is 183 g/mol. The van der Waals surface area contributed by atoms with Crippen LogP contribution in [-0.2, 0) is 6.42 Å². The third-order valence-corrected chi connectivity index (χ3v) is 1.88. The van der Waals surface area contributed by atoms with E-state index in [4.69, 9.17) is 10.8 Å². The predicted octanol–water partition coefficient (Wildman–Crippen LogP) is 1.08. The molecule has 0 spiro atoms. The number of halogens is 1. The van der Waals surface area contributed by atoms with Crippen LogP contribution in [0.3, 0.4) is 0 Å². The summed E-state index contributed by atoms with van der Waals surface area (Å²) in [7, 11) is 0. The molecule has 0 aliphatic heterocycles. The van der Waals surface area contributed by atoms with Gasteiger partial charge in [0.1, 0.15) is 5.82 Å². The summed E-state index contributed by atoms with van der Waals surface area (Å²) in [5, 5.41) is 8.91. The molecular weight excluding hydrogens is 169 g/mol. The molecule has 1 atom stereocenters. The third kappa shape index (κ3) is 3.13. The van der Waals surface area contributed by atoms with Gasteiger partial charge in [0.05, 0.1) is 6.61 Å². The van der Waals surface area contributed by atoms with Gasteiger partial charge in [0.25, 0.3) is 0 Å². The van der Waals surface area contributed by atoms with Gasteiger partial charge in [-0.05, 0) is 31.0 Å². The van der Waals surface area contributed by atoms with E-state index in [9.17, 15) is 4.39 Å². The fourth-order valence-electron chi connectivity index (χ4n) is 1.12. The topological polar surface area (TPSA) is 46.2 Å². The van der Waals surface area contributed by atoms with E-state index in [1.807, 2.05) is 0 Å². The van der Waals surface area contributed by atoms with Crippen LogP contribution in [0, 0.1) is 5.82 Å². The molecule has 2 nitrogen and oxygen atoms in total. The molecule has 72 valence electrons. The number of hydrogen-bond donors (Lipinski definition) is 2. The number of benzene rings is 1. The smallest absolute Gasteiger partial charge is 0.123 e. The van der Waals surface area contributed by atoms with Crippen LogP contribution in [0.15, 0.2) is 24.3 Å². The second-order valence-electron chi connectivity index (χ2n) is 3.62. The minimum Gasteiger partial charge on any atom is -0.394 e. The molecule has 0 saturated heterocycles. The van der Waals surface area contributed by atoms with Crippen LogP contribution >= 0.6 is 0 Å². The van der Waals surface area contributed by atoms with Crippen molar-refractivity contribution in [3.05, 3.63) is 35.6 Å². The first-order chi connectivity index (χ1) is 6.03. The molecule has 1 aromatic carbocycles. The maximum Gasteiger partial charge on any atom is 0.123 e. The zero-order chi connectivity index (χ0) is 9.90. The fourth-order valence-corrected chi connectivity index (χ4v) is 1.12. The van der Waals surface area contributed by atoms with E-state index >= 15 is 0 Å². The van der Waals surface area contributed by atoms with Crippen LogP contribution < -0.4 is 5.73 Å². The van der Waals surface area contributed by atoms with Crippen LogP contribution in [0.2, 0.25) is 0 Å². The van der Waals surface area contributed by atoms with Gasteiger partial charge in [-0.3, -0.25) is 0 Å².